The van der Waals surface area contributed by atoms with Gasteiger partial charge in [0.2, 0.25) is 0 Å². The van der Waals surface area contributed by atoms with Crippen molar-refractivity contribution in [3.63, 3.8) is 0 Å². The minimum absolute atomic E-state index is 0.0204. The number of hydrogen-bond acceptors (Lipinski definition) is 2. The van der Waals surface area contributed by atoms with Crippen molar-refractivity contribution < 1.29 is 9.47 Å². The molecule has 0 bridgehead atoms. The Bertz CT molecular complexity index is 572. The minimum atomic E-state index is 0.0204. The predicted octanol–water partition coefficient (Wildman–Crippen LogP) is 4.84. The van der Waals surface area contributed by atoms with Crippen molar-refractivity contribution >= 4 is 27.5 Å². The molecule has 0 aliphatic heterocycles. The van der Waals surface area contributed by atoms with Gasteiger partial charge in [-0.2, -0.15) is 0 Å². The zero-order valence-corrected chi connectivity index (χ0v) is 13.0. The van der Waals surface area contributed by atoms with Gasteiger partial charge in [0.25, 0.3) is 0 Å². The van der Waals surface area contributed by atoms with Gasteiger partial charge in [0.1, 0.15) is 11.5 Å². The third-order valence-electron chi connectivity index (χ3n) is 2.86. The van der Waals surface area contributed by atoms with Gasteiger partial charge in [-0.3, -0.25) is 0 Å². The summed E-state index contributed by atoms with van der Waals surface area (Å²) in [5, 5.41) is 0.717. The van der Waals surface area contributed by atoms with E-state index < -0.39 is 0 Å². The summed E-state index contributed by atoms with van der Waals surface area (Å²) in [5.41, 5.74) is 2.11. The van der Waals surface area contributed by atoms with Gasteiger partial charge >= 0.3 is 0 Å². The number of ether oxygens (including phenoxy) is 2. The van der Waals surface area contributed by atoms with E-state index in [0.29, 0.717) is 0 Å². The van der Waals surface area contributed by atoms with Crippen molar-refractivity contribution in [3.05, 3.63) is 58.6 Å². The molecule has 0 amide bonds. The molecule has 2 nitrogen and oxygen atoms in total. The molecule has 0 aliphatic carbocycles. The third kappa shape index (κ3) is 3.23. The summed E-state index contributed by atoms with van der Waals surface area (Å²) in [7, 11) is 3.28. The highest BCUT2D eigenvalue weighted by Crippen LogP contribution is 2.38. The Labute approximate surface area is 126 Å². The van der Waals surface area contributed by atoms with E-state index in [0.717, 1.165) is 27.6 Å². The molecule has 2 aromatic rings. The summed E-state index contributed by atoms with van der Waals surface area (Å²) in [4.78, 5) is 0.0204. The van der Waals surface area contributed by atoms with E-state index in [9.17, 15) is 0 Å². The van der Waals surface area contributed by atoms with Crippen LogP contribution in [0.1, 0.15) is 16.0 Å². The topological polar surface area (TPSA) is 18.5 Å². The van der Waals surface area contributed by atoms with Gasteiger partial charge in [0.15, 0.2) is 0 Å². The van der Waals surface area contributed by atoms with Crippen molar-refractivity contribution in [3.8, 4) is 11.5 Å². The predicted molar refractivity (Wildman–Crippen MR) is 81.8 cm³/mol. The second-order valence-corrected chi connectivity index (χ2v) is 5.38. The maximum Gasteiger partial charge on any atom is 0.127 e. The monoisotopic (exact) mass is 340 g/mol. The van der Waals surface area contributed by atoms with Crippen LogP contribution in [0, 0.1) is 0 Å². The fourth-order valence-corrected chi connectivity index (χ4v) is 2.73. The molecular formula is C15H14BrClO2. The van der Waals surface area contributed by atoms with Crippen LogP contribution in [0.4, 0.5) is 0 Å². The van der Waals surface area contributed by atoms with Gasteiger partial charge in [0, 0.05) is 16.7 Å². The summed E-state index contributed by atoms with van der Waals surface area (Å²) < 4.78 is 10.6. The number of rotatable bonds is 4. The van der Waals surface area contributed by atoms with Gasteiger partial charge in [-0.15, -0.1) is 0 Å². The molecule has 0 N–H and O–H groups in total. The average Bonchev–Trinajstić information content (AvgIpc) is 2.45. The second kappa shape index (κ2) is 6.31. The summed E-state index contributed by atoms with van der Waals surface area (Å²) in [6, 6.07) is 13.5. The van der Waals surface area contributed by atoms with E-state index in [4.69, 9.17) is 21.1 Å². The van der Waals surface area contributed by atoms with Crippen LogP contribution in [0.15, 0.2) is 42.5 Å². The molecule has 0 aliphatic rings. The SMILES string of the molecule is COc1ccc(C(Br)c2cccc(Cl)c2)c(OC)c1. The van der Waals surface area contributed by atoms with Crippen LogP contribution in [0.25, 0.3) is 0 Å². The molecule has 0 saturated heterocycles. The van der Waals surface area contributed by atoms with Gasteiger partial charge < -0.3 is 9.47 Å². The van der Waals surface area contributed by atoms with Crippen LogP contribution < -0.4 is 9.47 Å². The number of benzene rings is 2. The first kappa shape index (κ1) is 14.2. The molecule has 0 fully saturated rings. The van der Waals surface area contributed by atoms with Crippen LogP contribution in [0.5, 0.6) is 11.5 Å². The van der Waals surface area contributed by atoms with Crippen molar-refractivity contribution in [1.82, 2.24) is 0 Å². The highest BCUT2D eigenvalue weighted by atomic mass is 79.9. The lowest BCUT2D eigenvalue weighted by atomic mass is 10.0. The number of halogens is 2. The molecule has 2 aromatic carbocycles. The molecular weight excluding hydrogens is 328 g/mol. The largest absolute Gasteiger partial charge is 0.497 e. The molecule has 0 spiro atoms. The van der Waals surface area contributed by atoms with Crippen LogP contribution in [-0.2, 0) is 0 Å². The Morgan fingerprint density at radius 2 is 1.84 bits per heavy atom. The summed E-state index contributed by atoms with van der Waals surface area (Å²) in [6.07, 6.45) is 0. The van der Waals surface area contributed by atoms with E-state index in [2.05, 4.69) is 15.9 Å². The minimum Gasteiger partial charge on any atom is -0.497 e. The Morgan fingerprint density at radius 3 is 2.47 bits per heavy atom. The molecule has 4 heteroatoms. The van der Waals surface area contributed by atoms with E-state index in [1.165, 1.54) is 0 Å². The molecule has 0 heterocycles. The Morgan fingerprint density at radius 1 is 1.05 bits per heavy atom. The lowest BCUT2D eigenvalue weighted by Gasteiger charge is -2.16. The van der Waals surface area contributed by atoms with Crippen molar-refractivity contribution in [2.45, 2.75) is 4.83 Å². The van der Waals surface area contributed by atoms with Crippen molar-refractivity contribution in [2.75, 3.05) is 14.2 Å². The Kier molecular flexibility index (Phi) is 4.72. The van der Waals surface area contributed by atoms with Crippen molar-refractivity contribution in [2.24, 2.45) is 0 Å². The Hall–Kier alpha value is -1.19. The highest BCUT2D eigenvalue weighted by molar-refractivity contribution is 9.09. The van der Waals surface area contributed by atoms with Gasteiger partial charge in [-0.05, 0) is 23.8 Å². The lowest BCUT2D eigenvalue weighted by Crippen LogP contribution is -1.98. The maximum absolute atomic E-state index is 6.03. The normalized spacial score (nSPS) is 12.0. The maximum atomic E-state index is 6.03. The third-order valence-corrected chi connectivity index (χ3v) is 4.11. The quantitative estimate of drug-likeness (QED) is 0.741. The van der Waals surface area contributed by atoms with E-state index >= 15 is 0 Å². The van der Waals surface area contributed by atoms with Crippen LogP contribution in [0.2, 0.25) is 5.02 Å². The molecule has 19 heavy (non-hydrogen) atoms. The zero-order chi connectivity index (χ0) is 13.8. The van der Waals surface area contributed by atoms with E-state index in [1.54, 1.807) is 14.2 Å². The number of hydrogen-bond donors (Lipinski definition) is 0. The fourth-order valence-electron chi connectivity index (χ4n) is 1.87. The van der Waals surface area contributed by atoms with Crippen LogP contribution in [0.3, 0.4) is 0 Å². The number of alkyl halides is 1. The summed E-state index contributed by atoms with van der Waals surface area (Å²) >= 11 is 9.71. The van der Waals surface area contributed by atoms with E-state index in [1.807, 2.05) is 42.5 Å². The van der Waals surface area contributed by atoms with Crippen molar-refractivity contribution in [1.29, 1.82) is 0 Å². The zero-order valence-electron chi connectivity index (χ0n) is 10.7. The molecule has 1 unspecified atom stereocenters. The molecule has 0 radical (unpaired) electrons. The van der Waals surface area contributed by atoms with E-state index in [-0.39, 0.29) is 4.83 Å². The lowest BCUT2D eigenvalue weighted by molar-refractivity contribution is 0.391. The first-order chi connectivity index (χ1) is 9.15. The average molecular weight is 342 g/mol. The molecule has 1 atom stereocenters. The summed E-state index contributed by atoms with van der Waals surface area (Å²) in [5.74, 6) is 1.55. The smallest absolute Gasteiger partial charge is 0.127 e. The standard InChI is InChI=1S/C15H14BrClO2/c1-18-12-6-7-13(14(9-12)19-2)15(16)10-4-3-5-11(17)8-10/h3-9,15H,1-2H3. The fraction of sp³-hybridized carbons (Fsp3) is 0.200. The molecule has 0 saturated carbocycles. The summed E-state index contributed by atoms with van der Waals surface area (Å²) in [6.45, 7) is 0. The first-order valence-corrected chi connectivity index (χ1v) is 7.06. The van der Waals surface area contributed by atoms with Gasteiger partial charge in [-0.25, -0.2) is 0 Å². The Balaban J connectivity index is 2.40. The van der Waals surface area contributed by atoms with Gasteiger partial charge in [-0.1, -0.05) is 45.7 Å². The van der Waals surface area contributed by atoms with Gasteiger partial charge in [0.05, 0.1) is 19.0 Å². The van der Waals surface area contributed by atoms with Crippen LogP contribution in [-0.4, -0.2) is 14.2 Å². The number of methoxy groups -OCH3 is 2. The molecule has 2 rings (SSSR count). The molecule has 0 aromatic heterocycles. The van der Waals surface area contributed by atoms with Crippen LogP contribution >= 0.6 is 27.5 Å². The highest BCUT2D eigenvalue weighted by Gasteiger charge is 2.16. The first-order valence-electron chi connectivity index (χ1n) is 5.77. The second-order valence-electron chi connectivity index (χ2n) is 4.03. The molecule has 100 valence electrons.